The number of hydrogen-bond donors (Lipinski definition) is 3. The average Bonchev–Trinajstić information content (AvgIpc) is 2.42. The van der Waals surface area contributed by atoms with Gasteiger partial charge in [-0.05, 0) is 24.3 Å². The predicted molar refractivity (Wildman–Crippen MR) is 75.3 cm³/mol. The molecule has 0 saturated heterocycles. The molecule has 94 valence electrons. The second-order valence-corrected chi connectivity index (χ2v) is 4.09. The quantitative estimate of drug-likeness (QED) is 0.611. The summed E-state index contributed by atoms with van der Waals surface area (Å²) in [5.74, 6) is 0.902. The van der Waals surface area contributed by atoms with Crippen molar-refractivity contribution in [2.75, 3.05) is 11.1 Å². The molecule has 0 fully saturated rings. The van der Waals surface area contributed by atoms with E-state index in [1.807, 2.05) is 30.3 Å². The van der Waals surface area contributed by atoms with Gasteiger partial charge in [0.15, 0.2) is 0 Å². The monoisotopic (exact) mass is 252 g/mol. The lowest BCUT2D eigenvalue weighted by Crippen LogP contribution is -2.01. The minimum atomic E-state index is 0.137. The van der Waals surface area contributed by atoms with Gasteiger partial charge in [-0.2, -0.15) is 4.98 Å². The number of aromatic hydroxyl groups is 1. The number of para-hydroxylation sites is 3. The Labute approximate surface area is 109 Å². The Bertz CT molecular complexity index is 742. The summed E-state index contributed by atoms with van der Waals surface area (Å²) in [6.07, 6.45) is 0. The van der Waals surface area contributed by atoms with Crippen LogP contribution in [0.15, 0.2) is 48.5 Å². The normalized spacial score (nSPS) is 10.5. The van der Waals surface area contributed by atoms with E-state index in [1.165, 1.54) is 0 Å². The van der Waals surface area contributed by atoms with Crippen molar-refractivity contribution in [2.45, 2.75) is 0 Å². The first-order valence-electron chi connectivity index (χ1n) is 5.81. The van der Waals surface area contributed by atoms with Gasteiger partial charge < -0.3 is 16.2 Å². The molecule has 3 aromatic rings. The van der Waals surface area contributed by atoms with Crippen molar-refractivity contribution in [3.8, 4) is 5.75 Å². The Morgan fingerprint density at radius 1 is 0.947 bits per heavy atom. The maximum atomic E-state index is 9.71. The van der Waals surface area contributed by atoms with Gasteiger partial charge in [0, 0.05) is 5.39 Å². The third-order valence-electron chi connectivity index (χ3n) is 2.78. The van der Waals surface area contributed by atoms with Crippen LogP contribution in [0.25, 0.3) is 10.9 Å². The van der Waals surface area contributed by atoms with Crippen molar-refractivity contribution in [3.05, 3.63) is 48.5 Å². The Balaban J connectivity index is 2.04. The smallest absolute Gasteiger partial charge is 0.229 e. The Hall–Kier alpha value is -2.82. The van der Waals surface area contributed by atoms with Gasteiger partial charge in [-0.1, -0.05) is 24.3 Å². The molecule has 0 aliphatic carbocycles. The molecule has 4 N–H and O–H groups in total. The topological polar surface area (TPSA) is 84.1 Å². The van der Waals surface area contributed by atoms with Gasteiger partial charge >= 0.3 is 0 Å². The number of phenols is 1. The van der Waals surface area contributed by atoms with E-state index >= 15 is 0 Å². The van der Waals surface area contributed by atoms with E-state index in [-0.39, 0.29) is 5.75 Å². The third kappa shape index (κ3) is 2.13. The standard InChI is InChI=1S/C14H12N4O/c15-13-9-5-1-2-6-10(9)16-14(18-13)17-11-7-3-4-8-12(11)19/h1-8,19H,(H3,15,16,17,18). The highest BCUT2D eigenvalue weighted by Crippen LogP contribution is 2.26. The second-order valence-electron chi connectivity index (χ2n) is 4.09. The van der Waals surface area contributed by atoms with E-state index < -0.39 is 0 Å². The number of hydrogen-bond acceptors (Lipinski definition) is 5. The molecule has 5 heteroatoms. The lowest BCUT2D eigenvalue weighted by atomic mass is 10.2. The fourth-order valence-electron chi connectivity index (χ4n) is 1.86. The van der Waals surface area contributed by atoms with E-state index in [9.17, 15) is 5.11 Å². The first-order valence-corrected chi connectivity index (χ1v) is 5.81. The first-order chi connectivity index (χ1) is 9.24. The molecule has 0 saturated carbocycles. The average molecular weight is 252 g/mol. The van der Waals surface area contributed by atoms with Crippen LogP contribution in [0.1, 0.15) is 0 Å². The number of nitrogens with zero attached hydrogens (tertiary/aromatic N) is 2. The highest BCUT2D eigenvalue weighted by atomic mass is 16.3. The van der Waals surface area contributed by atoms with Gasteiger partial charge in [0.05, 0.1) is 11.2 Å². The van der Waals surface area contributed by atoms with Crippen LogP contribution in [0, 0.1) is 0 Å². The summed E-state index contributed by atoms with van der Waals surface area (Å²) >= 11 is 0. The van der Waals surface area contributed by atoms with Crippen LogP contribution in [0.4, 0.5) is 17.5 Å². The Morgan fingerprint density at radius 3 is 2.53 bits per heavy atom. The fourth-order valence-corrected chi connectivity index (χ4v) is 1.86. The molecule has 0 unspecified atom stereocenters. The minimum Gasteiger partial charge on any atom is -0.506 e. The SMILES string of the molecule is Nc1nc(Nc2ccccc2O)nc2ccccc12. The van der Waals surface area contributed by atoms with Crippen LogP contribution in [-0.2, 0) is 0 Å². The zero-order valence-electron chi connectivity index (χ0n) is 10.0. The first kappa shape index (κ1) is 11.3. The van der Waals surface area contributed by atoms with E-state index in [2.05, 4.69) is 15.3 Å². The maximum absolute atomic E-state index is 9.71. The van der Waals surface area contributed by atoms with Crippen molar-refractivity contribution in [1.82, 2.24) is 9.97 Å². The summed E-state index contributed by atoms with van der Waals surface area (Å²) in [5, 5.41) is 13.5. The zero-order valence-corrected chi connectivity index (χ0v) is 10.0. The molecule has 1 heterocycles. The molecule has 0 radical (unpaired) electrons. The lowest BCUT2D eigenvalue weighted by Gasteiger charge is -2.08. The van der Waals surface area contributed by atoms with Gasteiger partial charge in [0.1, 0.15) is 11.6 Å². The van der Waals surface area contributed by atoms with Crippen molar-refractivity contribution in [3.63, 3.8) is 0 Å². The minimum absolute atomic E-state index is 0.137. The largest absolute Gasteiger partial charge is 0.506 e. The molecular weight excluding hydrogens is 240 g/mol. The van der Waals surface area contributed by atoms with Crippen LogP contribution in [0.2, 0.25) is 0 Å². The molecule has 5 nitrogen and oxygen atoms in total. The number of anilines is 3. The number of phenolic OH excluding ortho intramolecular Hbond substituents is 1. The third-order valence-corrected chi connectivity index (χ3v) is 2.78. The molecule has 0 atom stereocenters. The van der Waals surface area contributed by atoms with Crippen LogP contribution in [0.3, 0.4) is 0 Å². The summed E-state index contributed by atoms with van der Waals surface area (Å²) in [7, 11) is 0. The van der Waals surface area contributed by atoms with Gasteiger partial charge in [-0.25, -0.2) is 4.98 Å². The number of aromatic nitrogens is 2. The second kappa shape index (κ2) is 4.45. The van der Waals surface area contributed by atoms with Gasteiger partial charge in [-0.3, -0.25) is 0 Å². The van der Waals surface area contributed by atoms with Gasteiger partial charge in [0.25, 0.3) is 0 Å². The van der Waals surface area contributed by atoms with E-state index in [4.69, 9.17) is 5.73 Å². The number of rotatable bonds is 2. The van der Waals surface area contributed by atoms with Gasteiger partial charge in [0.2, 0.25) is 5.95 Å². The fraction of sp³-hybridized carbons (Fsp3) is 0. The summed E-state index contributed by atoms with van der Waals surface area (Å²) in [4.78, 5) is 8.54. The predicted octanol–water partition coefficient (Wildman–Crippen LogP) is 2.66. The summed E-state index contributed by atoms with van der Waals surface area (Å²) in [6, 6.07) is 14.4. The molecule has 1 aromatic heterocycles. The zero-order chi connectivity index (χ0) is 13.2. The van der Waals surface area contributed by atoms with Crippen molar-refractivity contribution < 1.29 is 5.11 Å². The molecule has 19 heavy (non-hydrogen) atoms. The molecule has 2 aromatic carbocycles. The number of fused-ring (bicyclic) bond motifs is 1. The number of nitrogens with two attached hydrogens (primary N) is 1. The number of nitrogen functional groups attached to an aromatic ring is 1. The highest BCUT2D eigenvalue weighted by molar-refractivity contribution is 5.89. The van der Waals surface area contributed by atoms with Crippen molar-refractivity contribution >= 4 is 28.4 Å². The van der Waals surface area contributed by atoms with Gasteiger partial charge in [-0.15, -0.1) is 0 Å². The van der Waals surface area contributed by atoms with E-state index in [0.29, 0.717) is 17.5 Å². The number of benzene rings is 2. The molecule has 0 amide bonds. The van der Waals surface area contributed by atoms with Crippen molar-refractivity contribution in [1.29, 1.82) is 0 Å². The van der Waals surface area contributed by atoms with E-state index in [0.717, 1.165) is 10.9 Å². The van der Waals surface area contributed by atoms with Crippen LogP contribution in [-0.4, -0.2) is 15.1 Å². The summed E-state index contributed by atoms with van der Waals surface area (Å²) in [6.45, 7) is 0. The molecule has 3 rings (SSSR count). The number of nitrogens with one attached hydrogen (secondary N) is 1. The van der Waals surface area contributed by atoms with Crippen LogP contribution in [0.5, 0.6) is 5.75 Å². The van der Waals surface area contributed by atoms with Crippen LogP contribution >= 0.6 is 0 Å². The highest BCUT2D eigenvalue weighted by Gasteiger charge is 2.06. The summed E-state index contributed by atoms with van der Waals surface area (Å²) in [5.41, 5.74) is 7.19. The maximum Gasteiger partial charge on any atom is 0.229 e. The molecular formula is C14H12N4O. The lowest BCUT2D eigenvalue weighted by molar-refractivity contribution is 0.477. The Kier molecular flexibility index (Phi) is 2.64. The molecule has 0 bridgehead atoms. The molecule has 0 spiro atoms. The molecule has 0 aliphatic rings. The summed E-state index contributed by atoms with van der Waals surface area (Å²) < 4.78 is 0. The molecule has 0 aliphatic heterocycles. The Morgan fingerprint density at radius 2 is 1.68 bits per heavy atom. The van der Waals surface area contributed by atoms with Crippen LogP contribution < -0.4 is 11.1 Å². The van der Waals surface area contributed by atoms with E-state index in [1.54, 1.807) is 18.2 Å². The van der Waals surface area contributed by atoms with Crippen molar-refractivity contribution in [2.24, 2.45) is 0 Å².